The third-order valence-electron chi connectivity index (χ3n) is 5.83. The van der Waals surface area contributed by atoms with E-state index in [9.17, 15) is 14.7 Å². The molecule has 4 rings (SSSR count). The Morgan fingerprint density at radius 2 is 2.09 bits per heavy atom. The van der Waals surface area contributed by atoms with Crippen LogP contribution in [0.25, 0.3) is 0 Å². The van der Waals surface area contributed by atoms with Gasteiger partial charge in [-0.3, -0.25) is 9.59 Å². The molecule has 2 N–H and O–H groups in total. The lowest BCUT2D eigenvalue weighted by Crippen LogP contribution is -2.50. The summed E-state index contributed by atoms with van der Waals surface area (Å²) in [7, 11) is 0. The summed E-state index contributed by atoms with van der Waals surface area (Å²) in [5, 5.41) is 29.8. The van der Waals surface area contributed by atoms with Gasteiger partial charge < -0.3 is 15.3 Å². The minimum absolute atomic E-state index is 0.112. The van der Waals surface area contributed by atoms with E-state index in [1.807, 2.05) is 27.0 Å². The van der Waals surface area contributed by atoms with Crippen LogP contribution in [0, 0.1) is 5.41 Å². The number of aromatic nitrogens is 6. The number of hydrogen-bond acceptors (Lipinski definition) is 7. The lowest BCUT2D eigenvalue weighted by Gasteiger charge is -2.34. The van der Waals surface area contributed by atoms with Gasteiger partial charge in [0.15, 0.2) is 0 Å². The van der Waals surface area contributed by atoms with Crippen molar-refractivity contribution in [1.29, 1.82) is 0 Å². The number of halogens is 1. The second kappa shape index (κ2) is 8.89. The van der Waals surface area contributed by atoms with Crippen LogP contribution < -0.4 is 5.32 Å². The maximum atomic E-state index is 13.7. The van der Waals surface area contributed by atoms with Crippen molar-refractivity contribution in [1.82, 2.24) is 40.2 Å². The van der Waals surface area contributed by atoms with Crippen molar-refractivity contribution in [2.75, 3.05) is 13.1 Å². The van der Waals surface area contributed by atoms with Crippen molar-refractivity contribution in [2.24, 2.45) is 5.41 Å². The van der Waals surface area contributed by atoms with Crippen LogP contribution >= 0.6 is 15.9 Å². The number of carbonyl (C=O) groups excluding carboxylic acids is 2. The predicted octanol–water partition coefficient (Wildman–Crippen LogP) is 0.875. The SMILES string of the molecule is CC(C)(C)[C@@H](C(=O)N1CC(O)CC1C(=O)NCCn1ncc(Br)n1)n1cc(C2CC2)nn1. The van der Waals surface area contributed by atoms with Gasteiger partial charge in [0, 0.05) is 31.6 Å². The first kappa shape index (κ1) is 22.8. The molecule has 1 aliphatic heterocycles. The fourth-order valence-corrected chi connectivity index (χ4v) is 4.38. The van der Waals surface area contributed by atoms with Crippen molar-refractivity contribution in [3.63, 3.8) is 0 Å². The van der Waals surface area contributed by atoms with E-state index in [-0.39, 0.29) is 24.8 Å². The number of aliphatic hydroxyl groups is 1. The molecule has 0 radical (unpaired) electrons. The summed E-state index contributed by atoms with van der Waals surface area (Å²) >= 11 is 3.23. The molecule has 32 heavy (non-hydrogen) atoms. The molecular formula is C20H29BrN8O3. The Morgan fingerprint density at radius 3 is 2.72 bits per heavy atom. The molecule has 0 aromatic carbocycles. The molecular weight excluding hydrogens is 480 g/mol. The molecule has 0 bridgehead atoms. The Morgan fingerprint density at radius 1 is 1.34 bits per heavy atom. The summed E-state index contributed by atoms with van der Waals surface area (Å²) in [5.41, 5.74) is 0.445. The number of hydrogen-bond donors (Lipinski definition) is 2. The average Bonchev–Trinajstić information content (AvgIpc) is 3.10. The van der Waals surface area contributed by atoms with E-state index in [2.05, 4.69) is 41.8 Å². The van der Waals surface area contributed by atoms with Crippen LogP contribution in [0.4, 0.5) is 0 Å². The monoisotopic (exact) mass is 508 g/mol. The number of nitrogens with one attached hydrogen (secondary N) is 1. The van der Waals surface area contributed by atoms with E-state index in [1.54, 1.807) is 10.9 Å². The van der Waals surface area contributed by atoms with Gasteiger partial charge in [-0.05, 0) is 34.2 Å². The van der Waals surface area contributed by atoms with Crippen LogP contribution in [-0.2, 0) is 16.1 Å². The average molecular weight is 509 g/mol. The van der Waals surface area contributed by atoms with Crippen molar-refractivity contribution in [2.45, 2.75) is 70.7 Å². The van der Waals surface area contributed by atoms with Gasteiger partial charge in [0.25, 0.3) is 0 Å². The van der Waals surface area contributed by atoms with Crippen LogP contribution in [0.15, 0.2) is 17.0 Å². The third-order valence-corrected chi connectivity index (χ3v) is 6.19. The summed E-state index contributed by atoms with van der Waals surface area (Å²) in [6, 6.07) is -1.38. The summed E-state index contributed by atoms with van der Waals surface area (Å²) in [5.74, 6) is -0.110. The highest BCUT2D eigenvalue weighted by Crippen LogP contribution is 2.40. The largest absolute Gasteiger partial charge is 0.391 e. The van der Waals surface area contributed by atoms with Crippen LogP contribution in [0.2, 0.25) is 0 Å². The minimum atomic E-state index is -0.753. The first-order valence-corrected chi connectivity index (χ1v) is 11.7. The smallest absolute Gasteiger partial charge is 0.248 e. The first-order valence-electron chi connectivity index (χ1n) is 10.9. The molecule has 2 aromatic heterocycles. The lowest BCUT2D eigenvalue weighted by atomic mass is 9.85. The van der Waals surface area contributed by atoms with E-state index in [0.717, 1.165) is 18.5 Å². The molecule has 3 heterocycles. The molecule has 1 saturated heterocycles. The van der Waals surface area contributed by atoms with Crippen molar-refractivity contribution in [3.8, 4) is 0 Å². The highest BCUT2D eigenvalue weighted by molar-refractivity contribution is 9.10. The highest BCUT2D eigenvalue weighted by Gasteiger charge is 2.45. The van der Waals surface area contributed by atoms with Gasteiger partial charge in [-0.2, -0.15) is 9.90 Å². The molecule has 1 saturated carbocycles. The van der Waals surface area contributed by atoms with Crippen molar-refractivity contribution < 1.29 is 14.7 Å². The zero-order valence-electron chi connectivity index (χ0n) is 18.5. The summed E-state index contributed by atoms with van der Waals surface area (Å²) in [6.45, 7) is 6.71. The van der Waals surface area contributed by atoms with Gasteiger partial charge in [0.05, 0.1) is 24.5 Å². The zero-order chi connectivity index (χ0) is 23.0. The van der Waals surface area contributed by atoms with E-state index >= 15 is 0 Å². The van der Waals surface area contributed by atoms with E-state index < -0.39 is 23.6 Å². The number of amides is 2. The minimum Gasteiger partial charge on any atom is -0.391 e. The zero-order valence-corrected chi connectivity index (χ0v) is 20.1. The van der Waals surface area contributed by atoms with Crippen molar-refractivity contribution >= 4 is 27.7 Å². The summed E-state index contributed by atoms with van der Waals surface area (Å²) in [4.78, 5) is 29.5. The standard InChI is InChI=1S/C20H29BrN8O3/c1-20(2,3)17(28-11-14(24-26-28)12-4-5-12)19(32)27-10-13(30)8-15(27)18(31)22-6-7-29-23-9-16(21)25-29/h9,11-13,15,17,30H,4-8,10H2,1-3H3,(H,22,31)/t13?,15?,17-/m1/s1. The molecule has 174 valence electrons. The molecule has 12 heteroatoms. The summed E-state index contributed by atoms with van der Waals surface area (Å²) < 4.78 is 2.24. The second-order valence-electron chi connectivity index (χ2n) is 9.62. The maximum absolute atomic E-state index is 13.7. The number of rotatable bonds is 7. The normalized spacial score (nSPS) is 22.2. The Hall–Kier alpha value is -2.34. The fourth-order valence-electron chi connectivity index (χ4n) is 4.11. The lowest BCUT2D eigenvalue weighted by molar-refractivity contribution is -0.144. The van der Waals surface area contributed by atoms with E-state index in [1.165, 1.54) is 9.70 Å². The maximum Gasteiger partial charge on any atom is 0.248 e. The quantitative estimate of drug-likeness (QED) is 0.567. The van der Waals surface area contributed by atoms with Gasteiger partial charge >= 0.3 is 0 Å². The second-order valence-corrected chi connectivity index (χ2v) is 10.4. The Kier molecular flexibility index (Phi) is 6.35. The van der Waals surface area contributed by atoms with E-state index in [4.69, 9.17) is 0 Å². The number of nitrogens with zero attached hydrogens (tertiary/aromatic N) is 7. The van der Waals surface area contributed by atoms with Crippen molar-refractivity contribution in [3.05, 3.63) is 22.7 Å². The summed E-state index contributed by atoms with van der Waals surface area (Å²) in [6.07, 6.45) is 5.06. The number of likely N-dealkylation sites (tertiary alicyclic amines) is 1. The topological polar surface area (TPSA) is 131 Å². The predicted molar refractivity (Wildman–Crippen MR) is 117 cm³/mol. The van der Waals surface area contributed by atoms with Gasteiger partial charge in [-0.1, -0.05) is 26.0 Å². The number of aliphatic hydroxyl groups excluding tert-OH is 1. The fraction of sp³-hybridized carbons (Fsp3) is 0.700. The molecule has 3 atom stereocenters. The van der Waals surface area contributed by atoms with Crippen LogP contribution in [0.1, 0.15) is 57.7 Å². The molecule has 2 aliphatic rings. The first-order chi connectivity index (χ1) is 15.1. The van der Waals surface area contributed by atoms with Gasteiger partial charge in [0.1, 0.15) is 16.7 Å². The molecule has 11 nitrogen and oxygen atoms in total. The van der Waals surface area contributed by atoms with Crippen LogP contribution in [0.3, 0.4) is 0 Å². The Labute approximate surface area is 194 Å². The Bertz CT molecular complexity index is 980. The van der Waals surface area contributed by atoms with Crippen LogP contribution in [-0.4, -0.2) is 77.0 Å². The van der Waals surface area contributed by atoms with E-state index in [0.29, 0.717) is 23.6 Å². The van der Waals surface area contributed by atoms with Gasteiger partial charge in [-0.25, -0.2) is 4.68 Å². The highest BCUT2D eigenvalue weighted by atomic mass is 79.9. The molecule has 2 amide bonds. The molecule has 1 aliphatic carbocycles. The number of β-amino-alcohol motifs (C(OH)–C–C–N with tert-alkyl or cyclic N) is 1. The van der Waals surface area contributed by atoms with Crippen LogP contribution in [0.5, 0.6) is 0 Å². The Balaban J connectivity index is 1.46. The molecule has 0 spiro atoms. The molecule has 2 fully saturated rings. The number of carbonyl (C=O) groups is 2. The molecule has 2 unspecified atom stereocenters. The van der Waals surface area contributed by atoms with Gasteiger partial charge in [-0.15, -0.1) is 10.2 Å². The van der Waals surface area contributed by atoms with Gasteiger partial charge in [0.2, 0.25) is 11.8 Å². The third kappa shape index (κ3) is 5.01. The molecule has 2 aromatic rings.